The first-order valence-corrected chi connectivity index (χ1v) is 6.89. The van der Waals surface area contributed by atoms with Gasteiger partial charge >= 0.3 is 0 Å². The average molecular weight is 311 g/mol. The summed E-state index contributed by atoms with van der Waals surface area (Å²) in [6, 6.07) is 5.27. The van der Waals surface area contributed by atoms with Crippen molar-refractivity contribution in [3.8, 4) is 5.75 Å². The van der Waals surface area contributed by atoms with Crippen LogP contribution in [-0.4, -0.2) is 37.9 Å². The van der Waals surface area contributed by atoms with Gasteiger partial charge in [0.2, 0.25) is 0 Å². The number of carbonyl (C=O) groups excluding carboxylic acids is 1. The summed E-state index contributed by atoms with van der Waals surface area (Å²) >= 11 is 5.07. The fourth-order valence-corrected chi connectivity index (χ4v) is 1.95. The number of hydrogen-bond donors (Lipinski definition) is 3. The lowest BCUT2D eigenvalue weighted by atomic mass is 10.1. The fraction of sp³-hybridized carbons (Fsp3) is 0.429. The van der Waals surface area contributed by atoms with E-state index in [-0.39, 0.29) is 11.9 Å². The van der Waals surface area contributed by atoms with Gasteiger partial charge in [-0.3, -0.25) is 15.6 Å². The summed E-state index contributed by atoms with van der Waals surface area (Å²) in [6.07, 6.45) is 0. The van der Waals surface area contributed by atoms with Gasteiger partial charge in [-0.2, -0.15) is 0 Å². The van der Waals surface area contributed by atoms with Crippen molar-refractivity contribution in [2.45, 2.75) is 19.9 Å². The molecule has 0 aliphatic rings. The molecule has 6 nitrogen and oxygen atoms in total. The molecule has 0 saturated carbocycles. The number of rotatable bonds is 5. The van der Waals surface area contributed by atoms with Crippen LogP contribution in [0.25, 0.3) is 0 Å². The Kier molecular flexibility index (Phi) is 6.90. The second kappa shape index (κ2) is 8.43. The molecular formula is C14H21N3O3S. The molecule has 0 radical (unpaired) electrons. The average Bonchev–Trinajstić information content (AvgIpc) is 2.45. The van der Waals surface area contributed by atoms with E-state index >= 15 is 0 Å². The molecule has 1 rings (SSSR count). The summed E-state index contributed by atoms with van der Waals surface area (Å²) in [4.78, 5) is 12.0. The minimum atomic E-state index is -0.295. The minimum Gasteiger partial charge on any atom is -0.496 e. The van der Waals surface area contributed by atoms with Crippen LogP contribution in [0, 0.1) is 6.92 Å². The first-order chi connectivity index (χ1) is 9.97. The second-order valence-electron chi connectivity index (χ2n) is 4.59. The summed E-state index contributed by atoms with van der Waals surface area (Å²) in [5, 5.41) is 3.30. The number of thiocarbonyl (C=S) groups is 1. The second-order valence-corrected chi connectivity index (χ2v) is 5.00. The Morgan fingerprint density at radius 3 is 2.67 bits per heavy atom. The van der Waals surface area contributed by atoms with Crippen LogP contribution < -0.4 is 20.9 Å². The normalized spacial score (nSPS) is 11.4. The molecule has 1 aromatic carbocycles. The van der Waals surface area contributed by atoms with Gasteiger partial charge in [0, 0.05) is 18.7 Å². The van der Waals surface area contributed by atoms with Gasteiger partial charge < -0.3 is 14.8 Å². The lowest BCUT2D eigenvalue weighted by molar-refractivity contribution is 0.0943. The first-order valence-electron chi connectivity index (χ1n) is 6.48. The van der Waals surface area contributed by atoms with E-state index in [1.165, 1.54) is 0 Å². The van der Waals surface area contributed by atoms with Crippen molar-refractivity contribution in [1.82, 2.24) is 16.2 Å². The third-order valence-corrected chi connectivity index (χ3v) is 2.97. The summed E-state index contributed by atoms with van der Waals surface area (Å²) in [6.45, 7) is 4.35. The molecular weight excluding hydrogens is 290 g/mol. The zero-order chi connectivity index (χ0) is 15.8. The minimum absolute atomic E-state index is 0.0476. The summed E-state index contributed by atoms with van der Waals surface area (Å²) in [5.41, 5.74) is 6.62. The standard InChI is InChI=1S/C14H21N3O3S/c1-9-5-6-11(7-12(9)20-4)13(18)16-17-14(21)15-10(2)8-19-3/h5-7,10H,8H2,1-4H3,(H,16,18)(H2,15,17,21)/t10-/m1/s1. The molecule has 21 heavy (non-hydrogen) atoms. The molecule has 1 aromatic rings. The largest absolute Gasteiger partial charge is 0.496 e. The molecule has 116 valence electrons. The van der Waals surface area contributed by atoms with Crippen LogP contribution in [0.5, 0.6) is 5.75 Å². The predicted octanol–water partition coefficient (Wildman–Crippen LogP) is 1.15. The van der Waals surface area contributed by atoms with E-state index in [1.807, 2.05) is 19.9 Å². The highest BCUT2D eigenvalue weighted by Gasteiger charge is 2.09. The quantitative estimate of drug-likeness (QED) is 0.560. The maximum Gasteiger partial charge on any atom is 0.269 e. The van der Waals surface area contributed by atoms with Crippen LogP contribution in [0.3, 0.4) is 0 Å². The smallest absolute Gasteiger partial charge is 0.269 e. The SMILES string of the molecule is COC[C@@H](C)NC(=S)NNC(=O)c1ccc(C)c(OC)c1. The van der Waals surface area contributed by atoms with E-state index in [2.05, 4.69) is 16.2 Å². The molecule has 0 saturated heterocycles. The van der Waals surface area contributed by atoms with Crippen LogP contribution in [0.15, 0.2) is 18.2 Å². The maximum absolute atomic E-state index is 12.0. The molecule has 0 unspecified atom stereocenters. The van der Waals surface area contributed by atoms with E-state index in [9.17, 15) is 4.79 Å². The Bertz CT molecular complexity index is 508. The highest BCUT2D eigenvalue weighted by molar-refractivity contribution is 7.80. The molecule has 0 aliphatic heterocycles. The van der Waals surface area contributed by atoms with Crippen molar-refractivity contribution in [2.75, 3.05) is 20.8 Å². The van der Waals surface area contributed by atoms with Gasteiger partial charge in [-0.1, -0.05) is 6.07 Å². The topological polar surface area (TPSA) is 71.6 Å². The van der Waals surface area contributed by atoms with Gasteiger partial charge in [0.1, 0.15) is 5.75 Å². The Morgan fingerprint density at radius 2 is 2.05 bits per heavy atom. The van der Waals surface area contributed by atoms with Crippen LogP contribution in [0.2, 0.25) is 0 Å². The Hall–Kier alpha value is -1.86. The summed E-state index contributed by atoms with van der Waals surface area (Å²) < 4.78 is 10.2. The van der Waals surface area contributed by atoms with Gasteiger partial charge in [-0.25, -0.2) is 0 Å². The molecule has 1 atom stereocenters. The molecule has 0 fully saturated rings. The molecule has 0 spiro atoms. The van der Waals surface area contributed by atoms with Crippen LogP contribution in [0.4, 0.5) is 0 Å². The number of benzene rings is 1. The highest BCUT2D eigenvalue weighted by Crippen LogP contribution is 2.18. The van der Waals surface area contributed by atoms with E-state index in [0.717, 1.165) is 5.56 Å². The van der Waals surface area contributed by atoms with Crippen molar-refractivity contribution in [1.29, 1.82) is 0 Å². The number of ether oxygens (including phenoxy) is 2. The number of carbonyl (C=O) groups is 1. The van der Waals surface area contributed by atoms with Crippen molar-refractivity contribution in [3.05, 3.63) is 29.3 Å². The van der Waals surface area contributed by atoms with Crippen LogP contribution in [-0.2, 0) is 4.74 Å². The predicted molar refractivity (Wildman–Crippen MR) is 85.4 cm³/mol. The molecule has 0 aliphatic carbocycles. The first kappa shape index (κ1) is 17.2. The number of amides is 1. The third kappa shape index (κ3) is 5.57. The molecule has 0 aromatic heterocycles. The lowest BCUT2D eigenvalue weighted by Crippen LogP contribution is -2.49. The molecule has 3 N–H and O–H groups in total. The fourth-order valence-electron chi connectivity index (χ4n) is 1.70. The Morgan fingerprint density at radius 1 is 1.33 bits per heavy atom. The van der Waals surface area contributed by atoms with Gasteiger partial charge in [0.15, 0.2) is 5.11 Å². The number of methoxy groups -OCH3 is 2. The number of nitrogens with one attached hydrogen (secondary N) is 3. The maximum atomic E-state index is 12.0. The van der Waals surface area contributed by atoms with Gasteiger partial charge in [-0.15, -0.1) is 0 Å². The molecule has 0 bridgehead atoms. The van der Waals surface area contributed by atoms with Crippen molar-refractivity contribution in [2.24, 2.45) is 0 Å². The van der Waals surface area contributed by atoms with E-state index in [1.54, 1.807) is 26.4 Å². The monoisotopic (exact) mass is 311 g/mol. The number of hydrogen-bond acceptors (Lipinski definition) is 4. The lowest BCUT2D eigenvalue weighted by Gasteiger charge is -2.16. The third-order valence-electron chi connectivity index (χ3n) is 2.75. The Labute approximate surface area is 130 Å². The Balaban J connectivity index is 2.52. The number of aryl methyl sites for hydroxylation is 1. The zero-order valence-electron chi connectivity index (χ0n) is 12.6. The zero-order valence-corrected chi connectivity index (χ0v) is 13.5. The van der Waals surface area contributed by atoms with Crippen molar-refractivity contribution in [3.63, 3.8) is 0 Å². The van der Waals surface area contributed by atoms with Gasteiger partial charge in [-0.05, 0) is 43.8 Å². The van der Waals surface area contributed by atoms with Crippen LogP contribution >= 0.6 is 12.2 Å². The summed E-state index contributed by atoms with van der Waals surface area (Å²) in [7, 11) is 3.18. The van der Waals surface area contributed by atoms with E-state index in [4.69, 9.17) is 21.7 Å². The van der Waals surface area contributed by atoms with Crippen LogP contribution in [0.1, 0.15) is 22.8 Å². The molecule has 7 heteroatoms. The van der Waals surface area contributed by atoms with Crippen molar-refractivity contribution >= 4 is 23.2 Å². The summed E-state index contributed by atoms with van der Waals surface area (Å²) in [5.74, 6) is 0.369. The van der Waals surface area contributed by atoms with Crippen molar-refractivity contribution < 1.29 is 14.3 Å². The van der Waals surface area contributed by atoms with E-state index < -0.39 is 0 Å². The van der Waals surface area contributed by atoms with Gasteiger partial charge in [0.05, 0.1) is 13.7 Å². The highest BCUT2D eigenvalue weighted by atomic mass is 32.1. The van der Waals surface area contributed by atoms with Gasteiger partial charge in [0.25, 0.3) is 5.91 Å². The van der Waals surface area contributed by atoms with E-state index in [0.29, 0.717) is 23.0 Å². The molecule has 0 heterocycles. The molecule has 1 amide bonds. The number of hydrazine groups is 1.